The summed E-state index contributed by atoms with van der Waals surface area (Å²) < 4.78 is 39.1. The molecule has 2 rings (SSSR count). The average Bonchev–Trinajstić information content (AvgIpc) is 2.44. The number of nitrogens with one attached hydrogen (secondary N) is 1. The van der Waals surface area contributed by atoms with Crippen molar-refractivity contribution >= 4 is 11.7 Å². The van der Waals surface area contributed by atoms with Crippen LogP contribution in [0.3, 0.4) is 0 Å². The molecule has 1 N–H and O–H groups in total. The molecule has 0 saturated carbocycles. The number of pyridine rings is 1. The Morgan fingerprint density at radius 2 is 2.29 bits per heavy atom. The zero-order valence-electron chi connectivity index (χ0n) is 11.8. The van der Waals surface area contributed by atoms with Crippen LogP contribution in [0.5, 0.6) is 0 Å². The van der Waals surface area contributed by atoms with E-state index >= 15 is 0 Å². The smallest absolute Gasteiger partial charge is 0.356 e. The van der Waals surface area contributed by atoms with E-state index in [1.54, 1.807) is 4.90 Å². The lowest BCUT2D eigenvalue weighted by Crippen LogP contribution is -2.41. The van der Waals surface area contributed by atoms with Crippen molar-refractivity contribution in [2.75, 3.05) is 24.5 Å². The second-order valence-corrected chi connectivity index (χ2v) is 5.26. The van der Waals surface area contributed by atoms with E-state index in [4.69, 9.17) is 0 Å². The molecular formula is C14H18F3N3O. The van der Waals surface area contributed by atoms with Crippen molar-refractivity contribution in [2.45, 2.75) is 25.9 Å². The van der Waals surface area contributed by atoms with Crippen LogP contribution in [0.2, 0.25) is 0 Å². The number of anilines is 1. The Morgan fingerprint density at radius 1 is 1.52 bits per heavy atom. The molecule has 7 heteroatoms. The largest absolute Gasteiger partial charge is 0.419 e. The lowest BCUT2D eigenvalue weighted by molar-refractivity contribution is -0.137. The maximum Gasteiger partial charge on any atom is 0.419 e. The molecule has 21 heavy (non-hydrogen) atoms. The van der Waals surface area contributed by atoms with Crippen LogP contribution in [0.15, 0.2) is 18.3 Å². The molecule has 1 aromatic rings. The Balaban J connectivity index is 2.13. The fraction of sp³-hybridized carbons (Fsp3) is 0.571. The van der Waals surface area contributed by atoms with Crippen molar-refractivity contribution in [3.8, 4) is 0 Å². The van der Waals surface area contributed by atoms with Gasteiger partial charge in [0.1, 0.15) is 5.82 Å². The number of hydrogen-bond acceptors (Lipinski definition) is 3. The predicted octanol–water partition coefficient (Wildman–Crippen LogP) is 2.45. The zero-order chi connectivity index (χ0) is 15.5. The molecule has 2 heterocycles. The highest BCUT2D eigenvalue weighted by Gasteiger charge is 2.36. The number of carbonyl (C=O) groups is 1. The number of aromatic nitrogens is 1. The highest BCUT2D eigenvalue weighted by Crippen LogP contribution is 2.36. The maximum atomic E-state index is 13.0. The second-order valence-electron chi connectivity index (χ2n) is 5.26. The monoisotopic (exact) mass is 301 g/mol. The fourth-order valence-electron chi connectivity index (χ4n) is 2.58. The van der Waals surface area contributed by atoms with Crippen molar-refractivity contribution in [3.63, 3.8) is 0 Å². The molecule has 1 aromatic heterocycles. The molecule has 1 unspecified atom stereocenters. The number of piperidine rings is 1. The van der Waals surface area contributed by atoms with Crippen molar-refractivity contribution in [3.05, 3.63) is 23.9 Å². The number of halogens is 3. The van der Waals surface area contributed by atoms with Gasteiger partial charge in [-0.25, -0.2) is 4.98 Å². The van der Waals surface area contributed by atoms with E-state index < -0.39 is 11.7 Å². The number of carbonyl (C=O) groups excluding carboxylic acids is 1. The first-order valence-electron chi connectivity index (χ1n) is 6.89. The van der Waals surface area contributed by atoms with Crippen LogP contribution in [0.4, 0.5) is 19.0 Å². The SMILES string of the molecule is CC(=O)NCC1CCCN(c2ncccc2C(F)(F)F)C1. The molecule has 0 radical (unpaired) electrons. The normalized spacial score (nSPS) is 19.4. The summed E-state index contributed by atoms with van der Waals surface area (Å²) in [6.07, 6.45) is -1.35. The van der Waals surface area contributed by atoms with E-state index in [1.165, 1.54) is 19.2 Å². The molecule has 1 atom stereocenters. The molecule has 0 aromatic carbocycles. The molecule has 1 amide bonds. The van der Waals surface area contributed by atoms with Gasteiger partial charge in [-0.05, 0) is 30.9 Å². The van der Waals surface area contributed by atoms with E-state index in [9.17, 15) is 18.0 Å². The van der Waals surface area contributed by atoms with E-state index in [2.05, 4.69) is 10.3 Å². The summed E-state index contributed by atoms with van der Waals surface area (Å²) >= 11 is 0. The van der Waals surface area contributed by atoms with Gasteiger partial charge in [-0.1, -0.05) is 0 Å². The topological polar surface area (TPSA) is 45.2 Å². The third-order valence-electron chi connectivity index (χ3n) is 3.55. The minimum Gasteiger partial charge on any atom is -0.356 e. The average molecular weight is 301 g/mol. The molecule has 0 aliphatic carbocycles. The number of alkyl halides is 3. The molecule has 4 nitrogen and oxygen atoms in total. The van der Waals surface area contributed by atoms with Gasteiger partial charge in [-0.3, -0.25) is 4.79 Å². The van der Waals surface area contributed by atoms with Gasteiger partial charge >= 0.3 is 6.18 Å². The Bertz CT molecular complexity index is 504. The van der Waals surface area contributed by atoms with Crippen LogP contribution >= 0.6 is 0 Å². The summed E-state index contributed by atoms with van der Waals surface area (Å²) in [6.45, 7) is 2.94. The van der Waals surface area contributed by atoms with Crippen LogP contribution in [-0.2, 0) is 11.0 Å². The van der Waals surface area contributed by atoms with Crippen LogP contribution in [0, 0.1) is 5.92 Å². The van der Waals surface area contributed by atoms with E-state index in [1.807, 2.05) is 0 Å². The first-order chi connectivity index (χ1) is 9.88. The van der Waals surface area contributed by atoms with Crippen molar-refractivity contribution < 1.29 is 18.0 Å². The molecule has 1 aliphatic heterocycles. The molecule has 116 valence electrons. The van der Waals surface area contributed by atoms with Crippen molar-refractivity contribution in [1.29, 1.82) is 0 Å². The van der Waals surface area contributed by atoms with E-state index in [0.717, 1.165) is 18.9 Å². The molecule has 1 saturated heterocycles. The standard InChI is InChI=1S/C14H18F3N3O/c1-10(21)19-8-11-4-3-7-20(9-11)13-12(14(15,16)17)5-2-6-18-13/h2,5-6,11H,3-4,7-9H2,1H3,(H,19,21). The minimum absolute atomic E-state index is 0.0162. The van der Waals surface area contributed by atoms with Crippen molar-refractivity contribution in [2.24, 2.45) is 5.92 Å². The number of nitrogens with zero attached hydrogens (tertiary/aromatic N) is 2. The van der Waals surface area contributed by atoms with Crippen LogP contribution < -0.4 is 10.2 Å². The summed E-state index contributed by atoms with van der Waals surface area (Å²) in [5, 5.41) is 2.72. The number of hydrogen-bond donors (Lipinski definition) is 1. The minimum atomic E-state index is -4.41. The highest BCUT2D eigenvalue weighted by atomic mass is 19.4. The predicted molar refractivity (Wildman–Crippen MR) is 72.9 cm³/mol. The lowest BCUT2D eigenvalue weighted by atomic mass is 9.97. The van der Waals surface area contributed by atoms with E-state index in [0.29, 0.717) is 19.6 Å². The van der Waals surface area contributed by atoms with Gasteiger partial charge in [0, 0.05) is 32.8 Å². The lowest BCUT2D eigenvalue weighted by Gasteiger charge is -2.34. The highest BCUT2D eigenvalue weighted by molar-refractivity contribution is 5.72. The van der Waals surface area contributed by atoms with Gasteiger partial charge in [0.15, 0.2) is 0 Å². The van der Waals surface area contributed by atoms with Crippen LogP contribution in [0.25, 0.3) is 0 Å². The first kappa shape index (κ1) is 15.6. The van der Waals surface area contributed by atoms with Crippen molar-refractivity contribution in [1.82, 2.24) is 10.3 Å². The van der Waals surface area contributed by atoms with Crippen LogP contribution in [0.1, 0.15) is 25.3 Å². The quantitative estimate of drug-likeness (QED) is 0.933. The molecule has 1 aliphatic rings. The van der Waals surface area contributed by atoms with Gasteiger partial charge < -0.3 is 10.2 Å². The fourth-order valence-corrected chi connectivity index (χ4v) is 2.58. The molecule has 1 fully saturated rings. The Kier molecular flexibility index (Phi) is 4.69. The van der Waals surface area contributed by atoms with Gasteiger partial charge in [0.2, 0.25) is 5.91 Å². The Hall–Kier alpha value is -1.79. The Labute approximate surface area is 121 Å². The van der Waals surface area contributed by atoms with Gasteiger partial charge in [0.05, 0.1) is 5.56 Å². The molecule has 0 spiro atoms. The number of rotatable bonds is 3. The molecule has 0 bridgehead atoms. The number of amides is 1. The summed E-state index contributed by atoms with van der Waals surface area (Å²) in [5.74, 6) is 0.00389. The third kappa shape index (κ3) is 4.09. The summed E-state index contributed by atoms with van der Waals surface area (Å²) in [5.41, 5.74) is -0.704. The van der Waals surface area contributed by atoms with Gasteiger partial charge in [0.25, 0.3) is 0 Å². The molecular weight excluding hydrogens is 283 g/mol. The van der Waals surface area contributed by atoms with Gasteiger partial charge in [-0.15, -0.1) is 0 Å². The van der Waals surface area contributed by atoms with Crippen LogP contribution in [-0.4, -0.2) is 30.5 Å². The zero-order valence-corrected chi connectivity index (χ0v) is 11.8. The third-order valence-corrected chi connectivity index (χ3v) is 3.55. The van der Waals surface area contributed by atoms with Gasteiger partial charge in [-0.2, -0.15) is 13.2 Å². The Morgan fingerprint density at radius 3 is 2.95 bits per heavy atom. The summed E-state index contributed by atoms with van der Waals surface area (Å²) in [4.78, 5) is 16.5. The first-order valence-corrected chi connectivity index (χ1v) is 6.89. The second kappa shape index (κ2) is 6.32. The maximum absolute atomic E-state index is 13.0. The summed E-state index contributed by atoms with van der Waals surface area (Å²) in [6, 6.07) is 2.35. The summed E-state index contributed by atoms with van der Waals surface area (Å²) in [7, 11) is 0. The van der Waals surface area contributed by atoms with E-state index in [-0.39, 0.29) is 17.6 Å².